The number of rotatable bonds is 7. The molecule has 0 aliphatic carbocycles. The SMILES string of the molecule is Cc1cc(OC(C)C(=O)NCc2cn(CC(=O)O)nn2)ccc1Cl. The van der Waals surface area contributed by atoms with E-state index in [0.29, 0.717) is 16.5 Å². The first-order chi connectivity index (χ1) is 11.3. The summed E-state index contributed by atoms with van der Waals surface area (Å²) in [5.74, 6) is -0.793. The first kappa shape index (κ1) is 17.7. The lowest BCUT2D eigenvalue weighted by molar-refractivity contribution is -0.138. The Hall–Kier alpha value is -2.61. The Morgan fingerprint density at radius 3 is 2.88 bits per heavy atom. The van der Waals surface area contributed by atoms with Crippen molar-refractivity contribution >= 4 is 23.5 Å². The van der Waals surface area contributed by atoms with E-state index in [0.717, 1.165) is 5.56 Å². The van der Waals surface area contributed by atoms with Gasteiger partial charge in [-0.15, -0.1) is 5.10 Å². The molecule has 1 aromatic carbocycles. The van der Waals surface area contributed by atoms with E-state index in [1.165, 1.54) is 10.9 Å². The fourth-order valence-corrected chi connectivity index (χ4v) is 2.02. The zero-order valence-corrected chi connectivity index (χ0v) is 13.9. The van der Waals surface area contributed by atoms with Gasteiger partial charge in [0.05, 0.1) is 12.7 Å². The molecule has 0 bridgehead atoms. The third-order valence-corrected chi connectivity index (χ3v) is 3.56. The minimum Gasteiger partial charge on any atom is -0.481 e. The Labute approximate surface area is 143 Å². The minimum atomic E-state index is -1.02. The lowest BCUT2D eigenvalue weighted by Gasteiger charge is -2.14. The molecule has 0 aliphatic rings. The van der Waals surface area contributed by atoms with Crippen molar-refractivity contribution < 1.29 is 19.4 Å². The summed E-state index contributed by atoms with van der Waals surface area (Å²) in [6, 6.07) is 5.15. The van der Waals surface area contributed by atoms with Gasteiger partial charge in [0.25, 0.3) is 5.91 Å². The molecule has 9 heteroatoms. The predicted molar refractivity (Wildman–Crippen MR) is 85.8 cm³/mol. The summed E-state index contributed by atoms with van der Waals surface area (Å²) in [5.41, 5.74) is 1.32. The highest BCUT2D eigenvalue weighted by atomic mass is 35.5. The van der Waals surface area contributed by atoms with E-state index >= 15 is 0 Å². The molecule has 0 spiro atoms. The van der Waals surface area contributed by atoms with Crippen molar-refractivity contribution in [1.82, 2.24) is 20.3 Å². The molecule has 1 unspecified atom stereocenters. The average molecular weight is 353 g/mol. The van der Waals surface area contributed by atoms with Crippen molar-refractivity contribution in [3.8, 4) is 5.75 Å². The largest absolute Gasteiger partial charge is 0.481 e. The van der Waals surface area contributed by atoms with Gasteiger partial charge >= 0.3 is 5.97 Å². The number of halogens is 1. The van der Waals surface area contributed by atoms with Crippen molar-refractivity contribution in [2.75, 3.05) is 0 Å². The smallest absolute Gasteiger partial charge is 0.325 e. The quantitative estimate of drug-likeness (QED) is 0.780. The fraction of sp³-hybridized carbons (Fsp3) is 0.333. The van der Waals surface area contributed by atoms with Crippen molar-refractivity contribution in [1.29, 1.82) is 0 Å². The van der Waals surface area contributed by atoms with Gasteiger partial charge in [-0.3, -0.25) is 9.59 Å². The molecule has 0 saturated heterocycles. The molecule has 8 nitrogen and oxygen atoms in total. The Morgan fingerprint density at radius 1 is 1.46 bits per heavy atom. The number of aryl methyl sites for hydroxylation is 1. The molecule has 1 amide bonds. The second kappa shape index (κ2) is 7.78. The van der Waals surface area contributed by atoms with Gasteiger partial charge in [0.2, 0.25) is 0 Å². The number of carboxylic acids is 1. The number of carbonyl (C=O) groups excluding carboxylic acids is 1. The first-order valence-electron chi connectivity index (χ1n) is 7.16. The van der Waals surface area contributed by atoms with E-state index in [4.69, 9.17) is 21.4 Å². The van der Waals surface area contributed by atoms with Crippen LogP contribution in [0.15, 0.2) is 24.4 Å². The van der Waals surface area contributed by atoms with E-state index in [9.17, 15) is 9.59 Å². The number of carboxylic acid groups (broad SMARTS) is 1. The number of benzene rings is 1. The zero-order chi connectivity index (χ0) is 17.7. The van der Waals surface area contributed by atoms with E-state index in [1.54, 1.807) is 25.1 Å². The molecule has 1 aromatic heterocycles. The summed E-state index contributed by atoms with van der Waals surface area (Å²) < 4.78 is 6.75. The number of hydrogen-bond acceptors (Lipinski definition) is 5. The number of aromatic nitrogens is 3. The second-order valence-electron chi connectivity index (χ2n) is 5.19. The number of aliphatic carboxylic acids is 1. The third kappa shape index (κ3) is 4.95. The summed E-state index contributed by atoms with van der Waals surface area (Å²) in [6.45, 7) is 3.32. The van der Waals surface area contributed by atoms with E-state index in [2.05, 4.69) is 15.6 Å². The predicted octanol–water partition coefficient (Wildman–Crippen LogP) is 1.41. The molecule has 0 fully saturated rings. The van der Waals surface area contributed by atoms with Crippen molar-refractivity contribution in [3.63, 3.8) is 0 Å². The summed E-state index contributed by atoms with van der Waals surface area (Å²) in [5, 5.41) is 19.4. The normalized spacial score (nSPS) is 11.8. The van der Waals surface area contributed by atoms with Crippen molar-refractivity contribution in [3.05, 3.63) is 40.7 Å². The molecule has 2 rings (SSSR count). The van der Waals surface area contributed by atoms with Crippen LogP contribution >= 0.6 is 11.6 Å². The van der Waals surface area contributed by atoms with Crippen LogP contribution in [0.5, 0.6) is 5.75 Å². The second-order valence-corrected chi connectivity index (χ2v) is 5.60. The van der Waals surface area contributed by atoms with Crippen molar-refractivity contribution in [2.45, 2.75) is 33.0 Å². The molecule has 0 saturated carbocycles. The van der Waals surface area contributed by atoms with Crippen LogP contribution in [0.25, 0.3) is 0 Å². The Kier molecular flexibility index (Phi) is 5.75. The maximum Gasteiger partial charge on any atom is 0.325 e. The Balaban J connectivity index is 1.86. The molecule has 24 heavy (non-hydrogen) atoms. The van der Waals surface area contributed by atoms with Crippen LogP contribution in [-0.2, 0) is 22.7 Å². The number of nitrogens with zero attached hydrogens (tertiary/aromatic N) is 3. The monoisotopic (exact) mass is 352 g/mol. The number of amides is 1. The van der Waals surface area contributed by atoms with E-state index in [-0.39, 0.29) is 19.0 Å². The van der Waals surface area contributed by atoms with Gasteiger partial charge in [0, 0.05) is 5.02 Å². The van der Waals surface area contributed by atoms with Crippen molar-refractivity contribution in [2.24, 2.45) is 0 Å². The maximum atomic E-state index is 12.0. The Morgan fingerprint density at radius 2 is 2.21 bits per heavy atom. The summed E-state index contributed by atoms with van der Waals surface area (Å²) in [6.07, 6.45) is 0.752. The van der Waals surface area contributed by atoms with Crippen LogP contribution < -0.4 is 10.1 Å². The van der Waals surface area contributed by atoms with Crippen LogP contribution in [0.1, 0.15) is 18.2 Å². The first-order valence-corrected chi connectivity index (χ1v) is 7.54. The number of hydrogen-bond donors (Lipinski definition) is 2. The highest BCUT2D eigenvalue weighted by Crippen LogP contribution is 2.21. The highest BCUT2D eigenvalue weighted by molar-refractivity contribution is 6.31. The standard InChI is InChI=1S/C15H17ClN4O4/c1-9-5-12(3-4-13(9)16)24-10(2)15(23)17-6-11-7-20(19-18-11)8-14(21)22/h3-5,7,10H,6,8H2,1-2H3,(H,17,23)(H,21,22). The summed E-state index contributed by atoms with van der Waals surface area (Å²) >= 11 is 5.94. The molecule has 0 aliphatic heterocycles. The highest BCUT2D eigenvalue weighted by Gasteiger charge is 2.15. The molecule has 2 N–H and O–H groups in total. The van der Waals surface area contributed by atoms with E-state index in [1.807, 2.05) is 6.92 Å². The van der Waals surface area contributed by atoms with Crippen LogP contribution in [0.2, 0.25) is 5.02 Å². The van der Waals surface area contributed by atoms with Gasteiger partial charge in [0.15, 0.2) is 6.10 Å². The van der Waals surface area contributed by atoms with Gasteiger partial charge in [-0.1, -0.05) is 16.8 Å². The van der Waals surface area contributed by atoms with Crippen LogP contribution in [0.4, 0.5) is 0 Å². The molecule has 1 atom stereocenters. The number of carbonyl (C=O) groups is 2. The summed E-state index contributed by atoms with van der Waals surface area (Å²) in [4.78, 5) is 22.6. The topological polar surface area (TPSA) is 106 Å². The lowest BCUT2D eigenvalue weighted by Crippen LogP contribution is -2.36. The molecule has 0 radical (unpaired) electrons. The Bertz CT molecular complexity index is 747. The maximum absolute atomic E-state index is 12.0. The molecule has 128 valence electrons. The van der Waals surface area contributed by atoms with Gasteiger partial charge in [-0.05, 0) is 37.6 Å². The summed E-state index contributed by atoms with van der Waals surface area (Å²) in [7, 11) is 0. The molecular weight excluding hydrogens is 336 g/mol. The molecule has 2 aromatic rings. The number of ether oxygens (including phenoxy) is 1. The van der Waals surface area contributed by atoms with Gasteiger partial charge < -0.3 is 15.2 Å². The van der Waals surface area contributed by atoms with Crippen LogP contribution in [0, 0.1) is 6.92 Å². The van der Waals surface area contributed by atoms with Gasteiger partial charge in [-0.25, -0.2) is 4.68 Å². The third-order valence-electron chi connectivity index (χ3n) is 3.14. The molecule has 1 heterocycles. The van der Waals surface area contributed by atoms with E-state index < -0.39 is 12.1 Å². The van der Waals surface area contributed by atoms with Gasteiger partial charge in [0.1, 0.15) is 18.0 Å². The van der Waals surface area contributed by atoms with Gasteiger partial charge in [-0.2, -0.15) is 0 Å². The minimum absolute atomic E-state index is 0.131. The molecular formula is C15H17ClN4O4. The fourth-order valence-electron chi connectivity index (χ4n) is 1.90. The van der Waals surface area contributed by atoms with Crippen LogP contribution in [-0.4, -0.2) is 38.1 Å². The average Bonchev–Trinajstić information content (AvgIpc) is 2.95. The lowest BCUT2D eigenvalue weighted by atomic mass is 10.2. The zero-order valence-electron chi connectivity index (χ0n) is 13.2. The number of nitrogens with one attached hydrogen (secondary N) is 1. The van der Waals surface area contributed by atoms with Crippen LogP contribution in [0.3, 0.4) is 0 Å².